The number of hydrogen-bond acceptors (Lipinski definition) is 12. The average Bonchev–Trinajstić information content (AvgIpc) is 2.84. The van der Waals surface area contributed by atoms with Crippen molar-refractivity contribution in [2.45, 2.75) is 71.4 Å². The number of alkyl carbamates (subject to hydrolysis) is 1. The molecule has 1 heterocycles. The highest BCUT2D eigenvalue weighted by atomic mass is 16.7. The van der Waals surface area contributed by atoms with E-state index in [1.54, 1.807) is 0 Å². The minimum Gasteiger partial charge on any atom is -0.463 e. The number of carbonyl (C=O) groups is 5. The molecule has 0 spiro atoms. The second kappa shape index (κ2) is 15.5. The molecule has 5 atom stereocenters. The second-order valence-corrected chi connectivity index (χ2v) is 8.28. The van der Waals surface area contributed by atoms with Crippen molar-refractivity contribution in [3.8, 4) is 0 Å². The molecule has 0 unspecified atom stereocenters. The number of benzene rings is 1. The van der Waals surface area contributed by atoms with Crippen LogP contribution in [0.5, 0.6) is 0 Å². The molecule has 1 amide bonds. The number of nitrogens with one attached hydrogen (secondary N) is 1. The fourth-order valence-electron chi connectivity index (χ4n) is 3.56. The minimum absolute atomic E-state index is 0.0205. The van der Waals surface area contributed by atoms with Gasteiger partial charge in [0, 0.05) is 34.2 Å². The standard InChI is InChI=1S/C25H33NO12/c1-15(27)33-14-20-21(35-16(2)28)22(36-17(3)29)23(37-18(4)30)24(38-20)32-12-8-11-26-25(31)34-13-19-9-6-5-7-10-19/h5-7,9-10,20-24H,8,11-14H2,1-4H3,(H,26,31)/t20-,21+,22+,23-,24-/m1/s1. The number of hydrogen-bond donors (Lipinski definition) is 1. The van der Waals surface area contributed by atoms with Gasteiger partial charge in [-0.2, -0.15) is 0 Å². The van der Waals surface area contributed by atoms with Crippen molar-refractivity contribution in [1.82, 2.24) is 5.32 Å². The Labute approximate surface area is 220 Å². The first-order chi connectivity index (χ1) is 18.1. The smallest absolute Gasteiger partial charge is 0.407 e. The lowest BCUT2D eigenvalue weighted by molar-refractivity contribution is -0.308. The molecule has 13 nitrogen and oxygen atoms in total. The van der Waals surface area contributed by atoms with Crippen molar-refractivity contribution >= 4 is 30.0 Å². The molecule has 0 aliphatic carbocycles. The number of ether oxygens (including phenoxy) is 7. The zero-order chi connectivity index (χ0) is 28.1. The highest BCUT2D eigenvalue weighted by molar-refractivity contribution is 5.69. The fourth-order valence-corrected chi connectivity index (χ4v) is 3.56. The molecule has 0 aromatic heterocycles. The van der Waals surface area contributed by atoms with Crippen LogP contribution in [0.2, 0.25) is 0 Å². The van der Waals surface area contributed by atoms with E-state index in [1.807, 2.05) is 30.3 Å². The summed E-state index contributed by atoms with van der Waals surface area (Å²) in [6.07, 6.45) is -6.56. The summed E-state index contributed by atoms with van der Waals surface area (Å²) in [5.41, 5.74) is 0.842. The van der Waals surface area contributed by atoms with E-state index in [4.69, 9.17) is 33.2 Å². The van der Waals surface area contributed by atoms with E-state index < -0.39 is 60.7 Å². The third-order valence-corrected chi connectivity index (χ3v) is 5.03. The molecule has 1 aliphatic heterocycles. The van der Waals surface area contributed by atoms with E-state index in [2.05, 4.69) is 5.32 Å². The maximum Gasteiger partial charge on any atom is 0.407 e. The van der Waals surface area contributed by atoms with Crippen LogP contribution >= 0.6 is 0 Å². The first-order valence-electron chi connectivity index (χ1n) is 11.9. The summed E-state index contributed by atoms with van der Waals surface area (Å²) in [4.78, 5) is 58.7. The van der Waals surface area contributed by atoms with Gasteiger partial charge >= 0.3 is 30.0 Å². The first kappa shape index (κ1) is 30.5. The largest absolute Gasteiger partial charge is 0.463 e. The van der Waals surface area contributed by atoms with Crippen LogP contribution < -0.4 is 5.32 Å². The molecule has 1 N–H and O–H groups in total. The molecule has 38 heavy (non-hydrogen) atoms. The Kier molecular flexibility index (Phi) is 12.5. The van der Waals surface area contributed by atoms with Gasteiger partial charge in [0.25, 0.3) is 0 Å². The quantitative estimate of drug-likeness (QED) is 0.231. The van der Waals surface area contributed by atoms with Gasteiger partial charge in [-0.05, 0) is 12.0 Å². The van der Waals surface area contributed by atoms with Crippen LogP contribution in [-0.4, -0.2) is 80.4 Å². The lowest BCUT2D eigenvalue weighted by atomic mass is 9.98. The molecular weight excluding hydrogens is 506 g/mol. The monoisotopic (exact) mass is 539 g/mol. The highest BCUT2D eigenvalue weighted by Crippen LogP contribution is 2.30. The maximum absolute atomic E-state index is 11.9. The number of carbonyl (C=O) groups excluding carboxylic acids is 5. The predicted octanol–water partition coefficient (Wildman–Crippen LogP) is 1.40. The molecule has 0 bridgehead atoms. The van der Waals surface area contributed by atoms with E-state index in [0.29, 0.717) is 6.42 Å². The number of rotatable bonds is 12. The molecule has 0 radical (unpaired) electrons. The van der Waals surface area contributed by atoms with Gasteiger partial charge in [0.05, 0.1) is 6.61 Å². The molecule has 210 valence electrons. The zero-order valence-electron chi connectivity index (χ0n) is 21.7. The Bertz CT molecular complexity index is 953. The van der Waals surface area contributed by atoms with Crippen molar-refractivity contribution in [2.24, 2.45) is 0 Å². The van der Waals surface area contributed by atoms with Crippen LogP contribution in [0.4, 0.5) is 4.79 Å². The SMILES string of the molecule is CC(=O)OC[C@H]1O[C@@H](OCCCNC(=O)OCc2ccccc2)[C@H](OC(C)=O)[C@@H](OC(C)=O)[C@H]1OC(C)=O. The van der Waals surface area contributed by atoms with Gasteiger partial charge in [-0.25, -0.2) is 4.79 Å². The van der Waals surface area contributed by atoms with Crippen LogP contribution in [0.25, 0.3) is 0 Å². The van der Waals surface area contributed by atoms with Crippen molar-refractivity contribution in [3.63, 3.8) is 0 Å². The number of esters is 4. The maximum atomic E-state index is 11.9. The van der Waals surface area contributed by atoms with Crippen LogP contribution in [0.3, 0.4) is 0 Å². The fraction of sp³-hybridized carbons (Fsp3) is 0.560. The molecule has 0 saturated carbocycles. The Hall–Kier alpha value is -3.71. The van der Waals surface area contributed by atoms with Crippen LogP contribution in [0, 0.1) is 0 Å². The van der Waals surface area contributed by atoms with Gasteiger partial charge in [-0.1, -0.05) is 30.3 Å². The Morgan fingerprint density at radius 2 is 1.39 bits per heavy atom. The lowest BCUT2D eigenvalue weighted by Gasteiger charge is -2.44. The van der Waals surface area contributed by atoms with E-state index in [1.165, 1.54) is 6.92 Å². The van der Waals surface area contributed by atoms with Crippen molar-refractivity contribution in [3.05, 3.63) is 35.9 Å². The topological polar surface area (TPSA) is 162 Å². The van der Waals surface area contributed by atoms with E-state index >= 15 is 0 Å². The first-order valence-corrected chi connectivity index (χ1v) is 11.9. The Morgan fingerprint density at radius 3 is 2.00 bits per heavy atom. The van der Waals surface area contributed by atoms with E-state index in [-0.39, 0.29) is 26.4 Å². The van der Waals surface area contributed by atoms with Gasteiger partial charge in [-0.3, -0.25) is 19.2 Å². The van der Waals surface area contributed by atoms with Gasteiger partial charge in [0.2, 0.25) is 0 Å². The molecule has 1 aliphatic rings. The second-order valence-electron chi connectivity index (χ2n) is 8.28. The van der Waals surface area contributed by atoms with Gasteiger partial charge < -0.3 is 38.5 Å². The summed E-state index contributed by atoms with van der Waals surface area (Å²) in [6.45, 7) is 4.56. The van der Waals surface area contributed by atoms with Crippen LogP contribution in [-0.2, 0) is 58.9 Å². The third kappa shape index (κ3) is 10.7. The van der Waals surface area contributed by atoms with Crippen molar-refractivity contribution in [1.29, 1.82) is 0 Å². The van der Waals surface area contributed by atoms with E-state index in [9.17, 15) is 24.0 Å². The molecule has 1 fully saturated rings. The van der Waals surface area contributed by atoms with E-state index in [0.717, 1.165) is 26.3 Å². The predicted molar refractivity (Wildman–Crippen MR) is 127 cm³/mol. The molecule has 1 aromatic rings. The molecule has 1 saturated heterocycles. The summed E-state index contributed by atoms with van der Waals surface area (Å²) in [5.74, 6) is -2.82. The summed E-state index contributed by atoms with van der Waals surface area (Å²) in [6, 6.07) is 9.18. The minimum atomic E-state index is -1.31. The van der Waals surface area contributed by atoms with Gasteiger partial charge in [0.15, 0.2) is 24.6 Å². The molecular formula is C25H33NO12. The normalized spacial score (nSPS) is 22.5. The molecule has 1 aromatic carbocycles. The average molecular weight is 540 g/mol. The Balaban J connectivity index is 2.01. The summed E-state index contributed by atoms with van der Waals surface area (Å²) in [7, 11) is 0. The Morgan fingerprint density at radius 1 is 0.789 bits per heavy atom. The van der Waals surface area contributed by atoms with Crippen molar-refractivity contribution in [2.75, 3.05) is 19.8 Å². The van der Waals surface area contributed by atoms with Crippen LogP contribution in [0.15, 0.2) is 30.3 Å². The number of amides is 1. The zero-order valence-corrected chi connectivity index (χ0v) is 21.7. The van der Waals surface area contributed by atoms with Gasteiger partial charge in [-0.15, -0.1) is 0 Å². The summed E-state index contributed by atoms with van der Waals surface area (Å²) < 4.78 is 37.7. The third-order valence-electron chi connectivity index (χ3n) is 5.03. The summed E-state index contributed by atoms with van der Waals surface area (Å²) >= 11 is 0. The van der Waals surface area contributed by atoms with Crippen molar-refractivity contribution < 1.29 is 57.1 Å². The van der Waals surface area contributed by atoms with Crippen LogP contribution in [0.1, 0.15) is 39.7 Å². The molecule has 2 rings (SSSR count). The highest BCUT2D eigenvalue weighted by Gasteiger charge is 2.52. The lowest BCUT2D eigenvalue weighted by Crippen LogP contribution is -2.63. The van der Waals surface area contributed by atoms with Gasteiger partial charge in [0.1, 0.15) is 19.3 Å². The summed E-state index contributed by atoms with van der Waals surface area (Å²) in [5, 5.41) is 2.59. The molecule has 13 heteroatoms.